The Morgan fingerprint density at radius 3 is 2.50 bits per heavy atom. The van der Waals surface area contributed by atoms with Crippen LogP contribution in [-0.4, -0.2) is 45.6 Å². The van der Waals surface area contributed by atoms with E-state index in [9.17, 15) is 13.2 Å². The van der Waals surface area contributed by atoms with Gasteiger partial charge in [0.2, 0.25) is 15.9 Å². The van der Waals surface area contributed by atoms with Gasteiger partial charge in [-0.3, -0.25) is 4.79 Å². The quantitative estimate of drug-likeness (QED) is 0.636. The molecule has 0 aromatic rings. The van der Waals surface area contributed by atoms with Crippen LogP contribution < -0.4 is 4.72 Å². The highest BCUT2D eigenvalue weighted by Crippen LogP contribution is 1.88. The molecular formula is C7H13N3O3S. The normalized spacial score (nSPS) is 10.6. The first-order valence-electron chi connectivity index (χ1n) is 3.93. The Balaban J connectivity index is 3.87. The van der Waals surface area contributed by atoms with Crippen LogP contribution in [0.25, 0.3) is 0 Å². The molecule has 0 radical (unpaired) electrons. The number of nitriles is 1. The molecule has 0 rings (SSSR count). The molecule has 0 aromatic heterocycles. The molecule has 0 aliphatic rings. The predicted molar refractivity (Wildman–Crippen MR) is 50.7 cm³/mol. The third-order valence-electron chi connectivity index (χ3n) is 1.41. The molecule has 0 aliphatic heterocycles. The van der Waals surface area contributed by atoms with E-state index in [4.69, 9.17) is 5.26 Å². The summed E-state index contributed by atoms with van der Waals surface area (Å²) in [5, 5.41) is 8.15. The largest absolute Gasteiger partial charge is 0.349 e. The van der Waals surface area contributed by atoms with Crippen LogP contribution in [-0.2, 0) is 14.8 Å². The van der Waals surface area contributed by atoms with Crippen molar-refractivity contribution in [1.29, 1.82) is 5.26 Å². The summed E-state index contributed by atoms with van der Waals surface area (Å²) < 4.78 is 24.0. The fraction of sp³-hybridized carbons (Fsp3) is 0.714. The Labute approximate surface area is 83.6 Å². The van der Waals surface area contributed by atoms with E-state index in [-0.39, 0.29) is 18.9 Å². The number of hydrogen-bond donors (Lipinski definition) is 1. The van der Waals surface area contributed by atoms with Crippen molar-refractivity contribution < 1.29 is 13.2 Å². The second kappa shape index (κ2) is 5.57. The van der Waals surface area contributed by atoms with Crippen LogP contribution in [0.3, 0.4) is 0 Å². The van der Waals surface area contributed by atoms with Crippen molar-refractivity contribution in [2.75, 3.05) is 26.4 Å². The number of hydrogen-bond acceptors (Lipinski definition) is 4. The van der Waals surface area contributed by atoms with E-state index < -0.39 is 15.8 Å². The molecule has 14 heavy (non-hydrogen) atoms. The smallest absolute Gasteiger partial charge is 0.225 e. The molecule has 0 atom stereocenters. The van der Waals surface area contributed by atoms with Crippen LogP contribution in [0.4, 0.5) is 0 Å². The standard InChI is InChI=1S/C7H13N3O3S/c1-10(2)7(11)3-5-9-14(12,13)6-4-8/h9H,3,5-6H2,1-2H3. The number of carbonyl (C=O) groups is 1. The van der Waals surface area contributed by atoms with E-state index in [0.29, 0.717) is 0 Å². The SMILES string of the molecule is CN(C)C(=O)CCNS(=O)(=O)CC#N. The van der Waals surface area contributed by atoms with Gasteiger partial charge >= 0.3 is 0 Å². The van der Waals surface area contributed by atoms with Crippen molar-refractivity contribution in [3.05, 3.63) is 0 Å². The molecule has 7 heteroatoms. The van der Waals surface area contributed by atoms with Crippen LogP contribution in [0.1, 0.15) is 6.42 Å². The van der Waals surface area contributed by atoms with Crippen molar-refractivity contribution in [3.63, 3.8) is 0 Å². The fourth-order valence-corrected chi connectivity index (χ4v) is 1.36. The van der Waals surface area contributed by atoms with E-state index in [1.54, 1.807) is 14.1 Å². The van der Waals surface area contributed by atoms with E-state index in [2.05, 4.69) is 4.72 Å². The molecule has 0 saturated heterocycles. The third-order valence-corrected chi connectivity index (χ3v) is 2.57. The van der Waals surface area contributed by atoms with Crippen molar-refractivity contribution in [1.82, 2.24) is 9.62 Å². The lowest BCUT2D eigenvalue weighted by Gasteiger charge is -2.09. The first kappa shape index (κ1) is 12.9. The lowest BCUT2D eigenvalue weighted by Crippen LogP contribution is -2.31. The van der Waals surface area contributed by atoms with Gasteiger partial charge in [0.05, 0.1) is 6.07 Å². The van der Waals surface area contributed by atoms with Crippen molar-refractivity contribution in [2.24, 2.45) is 0 Å². The molecule has 6 nitrogen and oxygen atoms in total. The highest BCUT2D eigenvalue weighted by Gasteiger charge is 2.10. The molecular weight excluding hydrogens is 206 g/mol. The Hall–Kier alpha value is -1.13. The monoisotopic (exact) mass is 219 g/mol. The summed E-state index contributed by atoms with van der Waals surface area (Å²) in [6.45, 7) is 0.0288. The minimum Gasteiger partial charge on any atom is -0.349 e. The molecule has 0 bridgehead atoms. The van der Waals surface area contributed by atoms with E-state index in [1.807, 2.05) is 0 Å². The predicted octanol–water partition coefficient (Wildman–Crippen LogP) is -1.09. The summed E-state index contributed by atoms with van der Waals surface area (Å²) in [5.74, 6) is -0.743. The first-order chi connectivity index (χ1) is 6.39. The number of nitrogens with one attached hydrogen (secondary N) is 1. The lowest BCUT2D eigenvalue weighted by molar-refractivity contribution is -0.128. The molecule has 0 fully saturated rings. The zero-order chi connectivity index (χ0) is 11.2. The average molecular weight is 219 g/mol. The van der Waals surface area contributed by atoms with Gasteiger partial charge in [-0.05, 0) is 0 Å². The third kappa shape index (κ3) is 5.50. The number of sulfonamides is 1. The number of rotatable bonds is 5. The van der Waals surface area contributed by atoms with Gasteiger partial charge in [0, 0.05) is 27.1 Å². The van der Waals surface area contributed by atoms with Crippen molar-refractivity contribution >= 4 is 15.9 Å². The molecule has 0 aromatic carbocycles. The second-order valence-electron chi connectivity index (χ2n) is 2.85. The summed E-state index contributed by atoms with van der Waals surface area (Å²) in [6.07, 6.45) is 0.0949. The molecule has 0 unspecified atom stereocenters. The minimum atomic E-state index is -3.53. The van der Waals surface area contributed by atoms with Crippen LogP contribution in [0.5, 0.6) is 0 Å². The van der Waals surface area contributed by atoms with Gasteiger partial charge in [-0.1, -0.05) is 0 Å². The molecule has 1 N–H and O–H groups in total. The molecule has 0 spiro atoms. The summed E-state index contributed by atoms with van der Waals surface area (Å²) in [5.41, 5.74) is 0. The Morgan fingerprint density at radius 1 is 1.50 bits per heavy atom. The summed E-state index contributed by atoms with van der Waals surface area (Å²) in [6, 6.07) is 1.52. The zero-order valence-corrected chi connectivity index (χ0v) is 8.97. The van der Waals surface area contributed by atoms with Crippen molar-refractivity contribution in [2.45, 2.75) is 6.42 Å². The molecule has 1 amide bonds. The van der Waals surface area contributed by atoms with Gasteiger partial charge in [0.25, 0.3) is 0 Å². The van der Waals surface area contributed by atoms with Gasteiger partial charge < -0.3 is 4.90 Å². The van der Waals surface area contributed by atoms with Gasteiger partial charge in [0.1, 0.15) is 0 Å². The highest BCUT2D eigenvalue weighted by molar-refractivity contribution is 7.89. The van der Waals surface area contributed by atoms with Crippen LogP contribution in [0.15, 0.2) is 0 Å². The molecule has 0 heterocycles. The number of carbonyl (C=O) groups excluding carboxylic acids is 1. The Kier molecular flexibility index (Phi) is 5.12. The molecule has 0 aliphatic carbocycles. The highest BCUT2D eigenvalue weighted by atomic mass is 32.2. The first-order valence-corrected chi connectivity index (χ1v) is 5.58. The number of nitrogens with zero attached hydrogens (tertiary/aromatic N) is 2. The lowest BCUT2D eigenvalue weighted by atomic mass is 10.4. The Morgan fingerprint density at radius 2 is 2.07 bits per heavy atom. The Bertz CT molecular complexity index is 329. The zero-order valence-electron chi connectivity index (χ0n) is 8.15. The minimum absolute atomic E-state index is 0.0288. The van der Waals surface area contributed by atoms with Gasteiger partial charge in [-0.15, -0.1) is 0 Å². The maximum Gasteiger partial charge on any atom is 0.225 e. The second-order valence-corrected chi connectivity index (χ2v) is 4.66. The van der Waals surface area contributed by atoms with Crippen molar-refractivity contribution in [3.8, 4) is 6.07 Å². The van der Waals surface area contributed by atoms with Gasteiger partial charge in [-0.25, -0.2) is 13.1 Å². The average Bonchev–Trinajstić information content (AvgIpc) is 2.03. The van der Waals surface area contributed by atoms with Crippen LogP contribution in [0.2, 0.25) is 0 Å². The van der Waals surface area contributed by atoms with E-state index >= 15 is 0 Å². The van der Waals surface area contributed by atoms with E-state index in [0.717, 1.165) is 0 Å². The molecule has 80 valence electrons. The van der Waals surface area contributed by atoms with Crippen LogP contribution in [0, 0.1) is 11.3 Å². The fourth-order valence-electron chi connectivity index (χ4n) is 0.673. The summed E-state index contributed by atoms with van der Waals surface area (Å²) >= 11 is 0. The maximum absolute atomic E-state index is 11.0. The maximum atomic E-state index is 11.0. The van der Waals surface area contributed by atoms with E-state index in [1.165, 1.54) is 11.0 Å². The van der Waals surface area contributed by atoms with Crippen LogP contribution >= 0.6 is 0 Å². The summed E-state index contributed by atoms with van der Waals surface area (Å²) in [4.78, 5) is 12.4. The van der Waals surface area contributed by atoms with Gasteiger partial charge in [0.15, 0.2) is 5.75 Å². The number of amides is 1. The topological polar surface area (TPSA) is 90.3 Å². The molecule has 0 saturated carbocycles. The summed E-state index contributed by atoms with van der Waals surface area (Å²) in [7, 11) is -0.356. The van der Waals surface area contributed by atoms with Gasteiger partial charge in [-0.2, -0.15) is 5.26 Å².